The number of fused-ring (bicyclic) bond motifs is 1. The smallest absolute Gasteiger partial charge is 0.195 e. The number of likely N-dealkylation sites (tertiary alicyclic amines) is 1. The Labute approximate surface area is 205 Å². The monoisotopic (exact) mass is 469 g/mol. The lowest BCUT2D eigenvalue weighted by Crippen LogP contribution is -2.30. The minimum absolute atomic E-state index is 0.0347. The number of ketones is 1. The number of carbonyl (C=O) groups is 1. The van der Waals surface area contributed by atoms with Crippen LogP contribution in [-0.4, -0.2) is 35.4 Å². The molecule has 34 heavy (non-hydrogen) atoms. The minimum atomic E-state index is 0.0347. The topological polar surface area (TPSA) is 40.5 Å². The highest BCUT2D eigenvalue weighted by Gasteiger charge is 2.21. The third-order valence-electron chi connectivity index (χ3n) is 6.79. The van der Waals surface area contributed by atoms with Crippen molar-refractivity contribution in [1.29, 1.82) is 0 Å². The predicted molar refractivity (Wildman–Crippen MR) is 142 cm³/mol. The van der Waals surface area contributed by atoms with E-state index in [4.69, 9.17) is 0 Å². The minimum Gasteiger partial charge on any atom is -0.508 e. The number of aryl methyl sites for hydroxylation is 1. The van der Waals surface area contributed by atoms with Crippen LogP contribution < -0.4 is 0 Å². The van der Waals surface area contributed by atoms with E-state index in [1.165, 1.54) is 57.3 Å². The highest BCUT2D eigenvalue weighted by molar-refractivity contribution is 7.22. The molecule has 1 N–H and O–H groups in total. The summed E-state index contributed by atoms with van der Waals surface area (Å²) in [6, 6.07) is 23.5. The van der Waals surface area contributed by atoms with Crippen LogP contribution in [0.15, 0.2) is 72.8 Å². The van der Waals surface area contributed by atoms with Gasteiger partial charge in [-0.15, -0.1) is 11.3 Å². The third-order valence-corrected chi connectivity index (χ3v) is 7.99. The lowest BCUT2D eigenvalue weighted by Gasteiger charge is -2.26. The number of hydrogen-bond donors (Lipinski definition) is 1. The lowest BCUT2D eigenvalue weighted by molar-refractivity contribution is 0.104. The molecule has 0 amide bonds. The summed E-state index contributed by atoms with van der Waals surface area (Å²) in [5.41, 5.74) is 3.75. The van der Waals surface area contributed by atoms with Crippen molar-refractivity contribution in [2.24, 2.45) is 0 Å². The second kappa shape index (κ2) is 10.5. The van der Waals surface area contributed by atoms with E-state index < -0.39 is 0 Å². The Morgan fingerprint density at radius 2 is 1.65 bits per heavy atom. The normalized spacial score (nSPS) is 14.5. The van der Waals surface area contributed by atoms with Gasteiger partial charge in [0.15, 0.2) is 5.78 Å². The number of benzene rings is 3. The van der Waals surface area contributed by atoms with Crippen molar-refractivity contribution >= 4 is 27.2 Å². The molecule has 174 valence electrons. The van der Waals surface area contributed by atoms with E-state index in [1.807, 2.05) is 48.5 Å². The first-order valence-corrected chi connectivity index (χ1v) is 13.2. The molecule has 0 spiro atoms. The summed E-state index contributed by atoms with van der Waals surface area (Å²) < 4.78 is 0.924. The predicted octanol–water partition coefficient (Wildman–Crippen LogP) is 7.31. The molecule has 4 heteroatoms. The summed E-state index contributed by atoms with van der Waals surface area (Å²) in [7, 11) is 0. The Morgan fingerprint density at radius 3 is 2.41 bits per heavy atom. The molecule has 0 atom stereocenters. The molecule has 3 aromatic carbocycles. The molecule has 0 bridgehead atoms. The molecule has 3 nitrogen and oxygen atoms in total. The fourth-order valence-corrected chi connectivity index (χ4v) is 6.16. The van der Waals surface area contributed by atoms with Crippen molar-refractivity contribution in [3.8, 4) is 16.2 Å². The average Bonchev–Trinajstić information content (AvgIpc) is 3.26. The van der Waals surface area contributed by atoms with Crippen LogP contribution in [0.1, 0.15) is 53.6 Å². The zero-order chi connectivity index (χ0) is 23.3. The molecular weight excluding hydrogens is 438 g/mol. The number of rotatable bonds is 8. The van der Waals surface area contributed by atoms with Gasteiger partial charge in [0.25, 0.3) is 0 Å². The molecule has 5 rings (SSSR count). The Hall–Kier alpha value is -2.95. The largest absolute Gasteiger partial charge is 0.508 e. The molecule has 1 fully saturated rings. The zero-order valence-corrected chi connectivity index (χ0v) is 20.3. The number of nitrogens with zero attached hydrogens (tertiary/aromatic N) is 1. The standard InChI is InChI=1S/C30H31NO2S/c32-25-16-17-26-27(21-25)34-30(24-10-3-1-4-11-24)28(26)29(33)23-14-12-22(13-15-23)9-5-8-20-31-18-6-2-7-19-31/h1,3-4,10-17,21,32H,2,5-9,18-20H2. The van der Waals surface area contributed by atoms with E-state index in [2.05, 4.69) is 17.0 Å². The summed E-state index contributed by atoms with van der Waals surface area (Å²) in [4.78, 5) is 17.2. The summed E-state index contributed by atoms with van der Waals surface area (Å²) in [5.74, 6) is 0.254. The quantitative estimate of drug-likeness (QED) is 0.217. The number of thiophene rings is 1. The van der Waals surface area contributed by atoms with E-state index in [9.17, 15) is 9.90 Å². The number of phenolic OH excluding ortho intramolecular Hbond substituents is 1. The van der Waals surface area contributed by atoms with E-state index >= 15 is 0 Å². The molecule has 1 aromatic heterocycles. The number of unbranched alkanes of at least 4 members (excludes halogenated alkanes) is 1. The Kier molecular flexibility index (Phi) is 7.08. The van der Waals surface area contributed by atoms with Crippen molar-refractivity contribution in [2.75, 3.05) is 19.6 Å². The number of hydrogen-bond acceptors (Lipinski definition) is 4. The SMILES string of the molecule is O=C(c1ccc(CCCCN2CCCCC2)cc1)c1c(-c2ccccc2)sc2cc(O)ccc12. The summed E-state index contributed by atoms with van der Waals surface area (Å²) >= 11 is 1.56. The number of piperidine rings is 1. The molecule has 0 unspecified atom stereocenters. The number of aromatic hydroxyl groups is 1. The van der Waals surface area contributed by atoms with E-state index in [-0.39, 0.29) is 11.5 Å². The summed E-state index contributed by atoms with van der Waals surface area (Å²) in [5, 5.41) is 10.9. The van der Waals surface area contributed by atoms with Gasteiger partial charge >= 0.3 is 0 Å². The van der Waals surface area contributed by atoms with Crippen molar-refractivity contribution in [3.05, 3.63) is 89.5 Å². The van der Waals surface area contributed by atoms with Gasteiger partial charge in [0.2, 0.25) is 0 Å². The molecule has 1 aliphatic heterocycles. The van der Waals surface area contributed by atoms with Crippen LogP contribution in [0.5, 0.6) is 5.75 Å². The Morgan fingerprint density at radius 1 is 0.882 bits per heavy atom. The van der Waals surface area contributed by atoms with Crippen LogP contribution in [0.2, 0.25) is 0 Å². The van der Waals surface area contributed by atoms with Crippen molar-refractivity contribution in [2.45, 2.75) is 38.5 Å². The Bertz CT molecular complexity index is 1250. The van der Waals surface area contributed by atoms with Gasteiger partial charge < -0.3 is 10.0 Å². The summed E-state index contributed by atoms with van der Waals surface area (Å²) in [6.45, 7) is 3.73. The first-order chi connectivity index (χ1) is 16.7. The fraction of sp³-hybridized carbons (Fsp3) is 0.300. The second-order valence-electron chi connectivity index (χ2n) is 9.24. The van der Waals surface area contributed by atoms with Gasteiger partial charge in [-0.3, -0.25) is 4.79 Å². The summed E-state index contributed by atoms with van der Waals surface area (Å²) in [6.07, 6.45) is 7.55. The van der Waals surface area contributed by atoms with E-state index in [0.29, 0.717) is 5.56 Å². The number of carbonyl (C=O) groups excluding carboxylic acids is 1. The van der Waals surface area contributed by atoms with E-state index in [1.54, 1.807) is 23.5 Å². The van der Waals surface area contributed by atoms with Crippen molar-refractivity contribution in [3.63, 3.8) is 0 Å². The lowest BCUT2D eigenvalue weighted by atomic mass is 9.96. The van der Waals surface area contributed by atoms with Gasteiger partial charge in [0, 0.05) is 26.1 Å². The van der Waals surface area contributed by atoms with Gasteiger partial charge in [-0.25, -0.2) is 0 Å². The number of phenols is 1. The van der Waals surface area contributed by atoms with Crippen LogP contribution in [0.25, 0.3) is 20.5 Å². The molecule has 0 saturated carbocycles. The van der Waals surface area contributed by atoms with Crippen LogP contribution in [0.3, 0.4) is 0 Å². The average molecular weight is 470 g/mol. The van der Waals surface area contributed by atoms with Gasteiger partial charge in [-0.05, 0) is 81.1 Å². The maximum Gasteiger partial charge on any atom is 0.195 e. The second-order valence-corrected chi connectivity index (χ2v) is 10.3. The Balaban J connectivity index is 1.32. The van der Waals surface area contributed by atoms with Gasteiger partial charge in [-0.2, -0.15) is 0 Å². The fourth-order valence-electron chi connectivity index (χ4n) is 4.92. The molecule has 4 aromatic rings. The molecular formula is C30H31NO2S. The van der Waals surface area contributed by atoms with Crippen LogP contribution in [-0.2, 0) is 6.42 Å². The first kappa shape index (κ1) is 22.8. The third kappa shape index (κ3) is 5.08. The van der Waals surface area contributed by atoms with Crippen LogP contribution in [0.4, 0.5) is 0 Å². The maximum absolute atomic E-state index is 13.7. The highest BCUT2D eigenvalue weighted by atomic mass is 32.1. The molecule has 1 aliphatic rings. The van der Waals surface area contributed by atoms with Crippen molar-refractivity contribution < 1.29 is 9.90 Å². The van der Waals surface area contributed by atoms with Gasteiger partial charge in [0.1, 0.15) is 5.75 Å². The van der Waals surface area contributed by atoms with Crippen molar-refractivity contribution in [1.82, 2.24) is 4.90 Å². The van der Waals surface area contributed by atoms with Gasteiger partial charge in [-0.1, -0.05) is 61.0 Å². The maximum atomic E-state index is 13.7. The molecule has 0 aliphatic carbocycles. The van der Waals surface area contributed by atoms with Crippen LogP contribution >= 0.6 is 11.3 Å². The van der Waals surface area contributed by atoms with Crippen LogP contribution in [0, 0.1) is 0 Å². The first-order valence-electron chi connectivity index (χ1n) is 12.4. The molecule has 2 heterocycles. The molecule has 1 saturated heterocycles. The highest BCUT2D eigenvalue weighted by Crippen LogP contribution is 2.41. The zero-order valence-electron chi connectivity index (χ0n) is 19.5. The van der Waals surface area contributed by atoms with Gasteiger partial charge in [0.05, 0.1) is 0 Å². The molecule has 0 radical (unpaired) electrons. The van der Waals surface area contributed by atoms with E-state index in [0.717, 1.165) is 32.5 Å².